The molecule has 3 aliphatic rings. The summed E-state index contributed by atoms with van der Waals surface area (Å²) in [4.78, 5) is 19.4. The summed E-state index contributed by atoms with van der Waals surface area (Å²) in [6, 6.07) is -0.122. The van der Waals surface area contributed by atoms with Crippen molar-refractivity contribution in [2.75, 3.05) is 13.1 Å². The SMILES string of the molecule is O=C1N=C2N=CC=C(c3cnn(C4CCNCC4)c3)C2N1. The number of aromatic nitrogens is 2. The molecular weight excluding hydrogens is 268 g/mol. The smallest absolute Gasteiger partial charge is 0.322 e. The zero-order valence-electron chi connectivity index (χ0n) is 11.5. The number of carbonyl (C=O) groups excluding carboxylic acids is 1. The third kappa shape index (κ3) is 2.19. The maximum atomic E-state index is 11.4. The molecule has 1 saturated heterocycles. The van der Waals surface area contributed by atoms with Gasteiger partial charge in [0.05, 0.1) is 12.2 Å². The number of piperidine rings is 1. The maximum Gasteiger partial charge on any atom is 0.343 e. The Kier molecular flexibility index (Phi) is 2.92. The molecule has 2 amide bonds. The molecule has 7 nitrogen and oxygen atoms in total. The molecule has 21 heavy (non-hydrogen) atoms. The Hall–Kier alpha value is -2.28. The predicted octanol–water partition coefficient (Wildman–Crippen LogP) is 0.766. The molecule has 3 aliphatic heterocycles. The Morgan fingerprint density at radius 2 is 2.14 bits per heavy atom. The van der Waals surface area contributed by atoms with Gasteiger partial charge in [0.1, 0.15) is 6.04 Å². The van der Waals surface area contributed by atoms with Gasteiger partial charge in [0.2, 0.25) is 0 Å². The number of nitrogens with zero attached hydrogens (tertiary/aromatic N) is 4. The summed E-state index contributed by atoms with van der Waals surface area (Å²) in [5.41, 5.74) is 2.01. The van der Waals surface area contributed by atoms with Crippen molar-refractivity contribution < 1.29 is 4.79 Å². The van der Waals surface area contributed by atoms with E-state index in [1.165, 1.54) is 0 Å². The number of amides is 2. The van der Waals surface area contributed by atoms with Gasteiger partial charge in [-0.2, -0.15) is 10.1 Å². The van der Waals surface area contributed by atoms with Crippen molar-refractivity contribution in [3.05, 3.63) is 24.0 Å². The summed E-state index contributed by atoms with van der Waals surface area (Å²) in [5, 5.41) is 10.7. The molecule has 0 saturated carbocycles. The van der Waals surface area contributed by atoms with Crippen LogP contribution in [0.4, 0.5) is 4.79 Å². The van der Waals surface area contributed by atoms with E-state index in [0.29, 0.717) is 11.9 Å². The molecule has 0 spiro atoms. The minimum absolute atomic E-state index is 0.242. The van der Waals surface area contributed by atoms with Crippen LogP contribution in [0.25, 0.3) is 5.57 Å². The number of dihydropyridines is 1. The highest BCUT2D eigenvalue weighted by molar-refractivity contribution is 6.17. The van der Waals surface area contributed by atoms with E-state index in [2.05, 4.69) is 31.9 Å². The van der Waals surface area contributed by atoms with E-state index in [1.54, 1.807) is 6.21 Å². The van der Waals surface area contributed by atoms with Crippen LogP contribution in [-0.4, -0.2) is 47.0 Å². The summed E-state index contributed by atoms with van der Waals surface area (Å²) in [6.45, 7) is 2.06. The summed E-state index contributed by atoms with van der Waals surface area (Å²) in [5.74, 6) is 0.534. The minimum atomic E-state index is -0.328. The first kappa shape index (κ1) is 12.5. The molecule has 0 aliphatic carbocycles. The van der Waals surface area contributed by atoms with E-state index in [-0.39, 0.29) is 12.1 Å². The number of rotatable bonds is 2. The van der Waals surface area contributed by atoms with E-state index in [1.807, 2.05) is 17.0 Å². The van der Waals surface area contributed by atoms with Crippen molar-refractivity contribution in [2.24, 2.45) is 9.98 Å². The number of allylic oxidation sites excluding steroid dienone is 1. The van der Waals surface area contributed by atoms with Crippen LogP contribution in [-0.2, 0) is 0 Å². The number of carbonyl (C=O) groups is 1. The Labute approximate surface area is 121 Å². The lowest BCUT2D eigenvalue weighted by molar-refractivity contribution is 0.251. The van der Waals surface area contributed by atoms with Crippen LogP contribution in [0, 0.1) is 0 Å². The quantitative estimate of drug-likeness (QED) is 0.841. The number of fused-ring (bicyclic) bond motifs is 1. The van der Waals surface area contributed by atoms with Gasteiger partial charge in [-0.05, 0) is 37.6 Å². The second kappa shape index (κ2) is 4.92. The molecule has 2 N–H and O–H groups in total. The maximum absolute atomic E-state index is 11.4. The van der Waals surface area contributed by atoms with Crippen molar-refractivity contribution in [1.82, 2.24) is 20.4 Å². The second-order valence-electron chi connectivity index (χ2n) is 5.44. The van der Waals surface area contributed by atoms with Crippen LogP contribution < -0.4 is 10.6 Å². The van der Waals surface area contributed by atoms with Crippen LogP contribution in [0.15, 0.2) is 28.5 Å². The summed E-state index contributed by atoms with van der Waals surface area (Å²) in [7, 11) is 0. The molecule has 0 radical (unpaired) electrons. The van der Waals surface area contributed by atoms with Crippen molar-refractivity contribution in [3.63, 3.8) is 0 Å². The molecule has 4 heterocycles. The molecule has 0 aromatic carbocycles. The first-order valence-corrected chi connectivity index (χ1v) is 7.20. The molecule has 1 aromatic heterocycles. The zero-order chi connectivity index (χ0) is 14.2. The first-order chi connectivity index (χ1) is 10.3. The van der Waals surface area contributed by atoms with Crippen LogP contribution in [0.5, 0.6) is 0 Å². The summed E-state index contributed by atoms with van der Waals surface area (Å²) >= 11 is 0. The van der Waals surface area contributed by atoms with Gasteiger partial charge in [-0.25, -0.2) is 9.79 Å². The molecule has 1 aromatic rings. The molecule has 1 unspecified atom stereocenters. The van der Waals surface area contributed by atoms with Crippen LogP contribution in [0.2, 0.25) is 0 Å². The highest BCUT2D eigenvalue weighted by Crippen LogP contribution is 2.26. The van der Waals surface area contributed by atoms with Gasteiger partial charge in [0.15, 0.2) is 5.84 Å². The third-order valence-corrected chi connectivity index (χ3v) is 4.13. The van der Waals surface area contributed by atoms with Crippen LogP contribution in [0.1, 0.15) is 24.4 Å². The monoisotopic (exact) mass is 284 g/mol. The standard InChI is InChI=1S/C14H16N6O/c21-14-18-12-11(3-6-16-13(12)19-14)9-7-17-20(8-9)10-1-4-15-5-2-10/h3,6-8,10,12,15H,1-2,4-5H2,(H,18,21). The van der Waals surface area contributed by atoms with Crippen molar-refractivity contribution >= 4 is 23.7 Å². The van der Waals surface area contributed by atoms with Crippen molar-refractivity contribution in [3.8, 4) is 0 Å². The number of nitrogens with one attached hydrogen (secondary N) is 2. The third-order valence-electron chi connectivity index (χ3n) is 4.13. The van der Waals surface area contributed by atoms with Gasteiger partial charge in [-0.15, -0.1) is 0 Å². The van der Waals surface area contributed by atoms with Gasteiger partial charge in [0, 0.05) is 18.0 Å². The molecule has 108 valence electrons. The summed E-state index contributed by atoms with van der Waals surface area (Å²) < 4.78 is 2.04. The van der Waals surface area contributed by atoms with Gasteiger partial charge < -0.3 is 10.6 Å². The lowest BCUT2D eigenvalue weighted by Gasteiger charge is -2.23. The minimum Gasteiger partial charge on any atom is -0.322 e. The second-order valence-corrected chi connectivity index (χ2v) is 5.44. The first-order valence-electron chi connectivity index (χ1n) is 7.20. The van der Waals surface area contributed by atoms with E-state index in [9.17, 15) is 4.79 Å². The highest BCUT2D eigenvalue weighted by Gasteiger charge is 2.31. The predicted molar refractivity (Wildman–Crippen MR) is 79.6 cm³/mol. The van der Waals surface area contributed by atoms with E-state index in [0.717, 1.165) is 37.1 Å². The average Bonchev–Trinajstić information content (AvgIpc) is 3.13. The highest BCUT2D eigenvalue weighted by atomic mass is 16.2. The summed E-state index contributed by atoms with van der Waals surface area (Å²) in [6.07, 6.45) is 9.70. The Morgan fingerprint density at radius 3 is 3.00 bits per heavy atom. The zero-order valence-corrected chi connectivity index (χ0v) is 11.5. The molecule has 1 atom stereocenters. The number of aliphatic imine (C=N–C) groups is 2. The lowest BCUT2D eigenvalue weighted by atomic mass is 9.99. The fourth-order valence-electron chi connectivity index (χ4n) is 3.02. The Morgan fingerprint density at radius 1 is 1.29 bits per heavy atom. The van der Waals surface area contributed by atoms with Gasteiger partial charge in [0.25, 0.3) is 0 Å². The molecule has 1 fully saturated rings. The largest absolute Gasteiger partial charge is 0.343 e. The van der Waals surface area contributed by atoms with Gasteiger partial charge >= 0.3 is 6.03 Å². The van der Waals surface area contributed by atoms with E-state index < -0.39 is 0 Å². The van der Waals surface area contributed by atoms with Crippen molar-refractivity contribution in [1.29, 1.82) is 0 Å². The number of urea groups is 1. The molecule has 0 bridgehead atoms. The fourth-order valence-corrected chi connectivity index (χ4v) is 3.02. The van der Waals surface area contributed by atoms with E-state index >= 15 is 0 Å². The van der Waals surface area contributed by atoms with E-state index in [4.69, 9.17) is 0 Å². The average molecular weight is 284 g/mol. The number of hydrogen-bond acceptors (Lipinski definition) is 4. The van der Waals surface area contributed by atoms with Gasteiger partial charge in [-0.3, -0.25) is 4.68 Å². The normalized spacial score (nSPS) is 25.3. The molecule has 4 rings (SSSR count). The fraction of sp³-hybridized carbons (Fsp3) is 0.429. The van der Waals surface area contributed by atoms with Crippen molar-refractivity contribution in [2.45, 2.75) is 24.9 Å². The molecular formula is C14H16N6O. The van der Waals surface area contributed by atoms with Crippen LogP contribution >= 0.6 is 0 Å². The molecule has 7 heteroatoms. The number of hydrogen-bond donors (Lipinski definition) is 2. The van der Waals surface area contributed by atoms with Gasteiger partial charge in [-0.1, -0.05) is 0 Å². The Balaban J connectivity index is 1.61. The lowest BCUT2D eigenvalue weighted by Crippen LogP contribution is -2.33. The Bertz CT molecular complexity index is 665. The number of amidine groups is 1. The van der Waals surface area contributed by atoms with Crippen LogP contribution in [0.3, 0.4) is 0 Å². The topological polar surface area (TPSA) is 83.7 Å².